The number of nitrogens with zero attached hydrogens (tertiary/aromatic N) is 1. The maximum atomic E-state index is 11.6. The van der Waals surface area contributed by atoms with E-state index in [0.29, 0.717) is 6.29 Å². The van der Waals surface area contributed by atoms with E-state index < -0.39 is 22.7 Å². The lowest BCUT2D eigenvalue weighted by Gasteiger charge is -2.21. The quantitative estimate of drug-likeness (QED) is 0.523. The van der Waals surface area contributed by atoms with Crippen LogP contribution in [0.15, 0.2) is 18.2 Å². The third kappa shape index (κ3) is 5.03. The molecule has 0 bridgehead atoms. The zero-order valence-corrected chi connectivity index (χ0v) is 12.5. The summed E-state index contributed by atoms with van der Waals surface area (Å²) in [7, 11) is 0. The van der Waals surface area contributed by atoms with E-state index >= 15 is 0 Å². The Morgan fingerprint density at radius 1 is 1.48 bits per heavy atom. The smallest absolute Gasteiger partial charge is 0.408 e. The van der Waals surface area contributed by atoms with Gasteiger partial charge in [-0.1, -0.05) is 17.7 Å². The molecule has 0 radical (unpaired) electrons. The third-order valence-corrected chi connectivity index (χ3v) is 2.65. The normalized spacial score (nSPS) is 12.4. The molecule has 114 valence electrons. The number of carbonyl (C=O) groups is 2. The van der Waals surface area contributed by atoms with Gasteiger partial charge in [0.1, 0.15) is 23.0 Å². The van der Waals surface area contributed by atoms with E-state index in [4.69, 9.17) is 16.3 Å². The lowest BCUT2D eigenvalue weighted by atomic mass is 10.1. The van der Waals surface area contributed by atoms with Gasteiger partial charge in [-0.2, -0.15) is 0 Å². The van der Waals surface area contributed by atoms with Crippen molar-refractivity contribution in [3.63, 3.8) is 0 Å². The van der Waals surface area contributed by atoms with E-state index in [9.17, 15) is 19.7 Å². The van der Waals surface area contributed by atoms with Gasteiger partial charge < -0.3 is 14.8 Å². The van der Waals surface area contributed by atoms with Crippen molar-refractivity contribution in [2.75, 3.05) is 0 Å². The average molecular weight is 315 g/mol. The van der Waals surface area contributed by atoms with Crippen molar-refractivity contribution in [3.8, 4) is 0 Å². The zero-order valence-electron chi connectivity index (χ0n) is 11.8. The topological polar surface area (TPSA) is 98.5 Å². The van der Waals surface area contributed by atoms with E-state index in [0.717, 1.165) is 6.07 Å². The molecule has 0 saturated heterocycles. The van der Waals surface area contributed by atoms with Gasteiger partial charge in [-0.3, -0.25) is 10.1 Å². The molecule has 0 aromatic heterocycles. The predicted molar refractivity (Wildman–Crippen MR) is 76.3 cm³/mol. The minimum absolute atomic E-state index is 0.0503. The lowest BCUT2D eigenvalue weighted by molar-refractivity contribution is -0.384. The van der Waals surface area contributed by atoms with Crippen LogP contribution in [0, 0.1) is 10.1 Å². The molecule has 1 N–H and O–H groups in total. The largest absolute Gasteiger partial charge is 0.444 e. The van der Waals surface area contributed by atoms with Gasteiger partial charge in [0.05, 0.1) is 4.92 Å². The summed E-state index contributed by atoms with van der Waals surface area (Å²) in [6.45, 7) is 5.03. The third-order valence-electron chi connectivity index (χ3n) is 2.33. The summed E-state index contributed by atoms with van der Waals surface area (Å²) in [4.78, 5) is 32.9. The highest BCUT2D eigenvalue weighted by Crippen LogP contribution is 2.27. The van der Waals surface area contributed by atoms with Gasteiger partial charge in [0, 0.05) is 6.07 Å². The van der Waals surface area contributed by atoms with E-state index in [-0.39, 0.29) is 16.3 Å². The molecule has 0 aliphatic rings. The maximum absolute atomic E-state index is 11.6. The van der Waals surface area contributed by atoms with Crippen LogP contribution in [-0.4, -0.2) is 22.9 Å². The van der Waals surface area contributed by atoms with Crippen LogP contribution in [0.3, 0.4) is 0 Å². The first-order valence-electron chi connectivity index (χ1n) is 6.02. The standard InChI is InChI=1S/C13H15ClN2O5/c1-13(2,3)21-12(18)15-10(7-17)8-4-5-9(14)11(6-8)16(19)20/h4-7,10H,1-3H3,(H,15,18). The number of benzene rings is 1. The Morgan fingerprint density at radius 2 is 2.10 bits per heavy atom. The second kappa shape index (κ2) is 6.53. The first-order chi connectivity index (χ1) is 9.64. The Labute approximate surface area is 126 Å². The number of nitro groups is 1. The number of nitro benzene ring substituents is 1. The van der Waals surface area contributed by atoms with Crippen LogP contribution >= 0.6 is 11.6 Å². The fourth-order valence-corrected chi connectivity index (χ4v) is 1.68. The summed E-state index contributed by atoms with van der Waals surface area (Å²) in [5.41, 5.74) is -0.817. The second-order valence-electron chi connectivity index (χ2n) is 5.23. The van der Waals surface area contributed by atoms with Crippen molar-refractivity contribution in [2.45, 2.75) is 32.4 Å². The molecule has 1 amide bonds. The minimum atomic E-state index is -1.06. The Kier molecular flexibility index (Phi) is 5.26. The number of hydrogen-bond donors (Lipinski definition) is 1. The van der Waals surface area contributed by atoms with Gasteiger partial charge in [0.2, 0.25) is 0 Å². The molecule has 1 aromatic carbocycles. The van der Waals surface area contributed by atoms with Crippen LogP contribution < -0.4 is 5.32 Å². The maximum Gasteiger partial charge on any atom is 0.408 e. The molecule has 1 atom stereocenters. The average Bonchev–Trinajstić information content (AvgIpc) is 2.34. The van der Waals surface area contributed by atoms with Crippen molar-refractivity contribution in [2.24, 2.45) is 0 Å². The van der Waals surface area contributed by atoms with Crippen molar-refractivity contribution < 1.29 is 19.2 Å². The van der Waals surface area contributed by atoms with E-state index in [1.807, 2.05) is 0 Å². The number of aldehydes is 1. The number of carbonyl (C=O) groups excluding carboxylic acids is 2. The molecule has 1 unspecified atom stereocenters. The van der Waals surface area contributed by atoms with Crippen LogP contribution in [0.1, 0.15) is 32.4 Å². The molecule has 0 heterocycles. The number of hydrogen-bond acceptors (Lipinski definition) is 5. The van der Waals surface area contributed by atoms with E-state index in [1.54, 1.807) is 20.8 Å². The molecule has 0 spiro atoms. The Morgan fingerprint density at radius 3 is 2.57 bits per heavy atom. The van der Waals surface area contributed by atoms with Crippen LogP contribution in [0.5, 0.6) is 0 Å². The molecule has 0 fully saturated rings. The van der Waals surface area contributed by atoms with Crippen LogP contribution in [0.4, 0.5) is 10.5 Å². The molecule has 1 aromatic rings. The molecule has 0 aliphatic carbocycles. The van der Waals surface area contributed by atoms with Gasteiger partial charge in [0.15, 0.2) is 0 Å². The Bertz CT molecular complexity index is 568. The molecule has 21 heavy (non-hydrogen) atoms. The number of nitrogens with one attached hydrogen (secondary N) is 1. The van der Waals surface area contributed by atoms with Gasteiger partial charge in [0.25, 0.3) is 5.69 Å². The summed E-state index contributed by atoms with van der Waals surface area (Å²) < 4.78 is 5.02. The van der Waals surface area contributed by atoms with Crippen LogP contribution in [0.25, 0.3) is 0 Å². The zero-order chi connectivity index (χ0) is 16.2. The monoisotopic (exact) mass is 314 g/mol. The van der Waals surface area contributed by atoms with E-state index in [2.05, 4.69) is 5.32 Å². The Balaban J connectivity index is 2.96. The van der Waals surface area contributed by atoms with E-state index in [1.165, 1.54) is 12.1 Å². The van der Waals surface area contributed by atoms with Crippen molar-refractivity contribution in [1.29, 1.82) is 0 Å². The first-order valence-corrected chi connectivity index (χ1v) is 6.40. The molecular formula is C13H15ClN2O5. The summed E-state index contributed by atoms with van der Waals surface area (Å²) in [6.07, 6.45) is -0.339. The predicted octanol–water partition coefficient (Wildman–Crippen LogP) is 3.01. The second-order valence-corrected chi connectivity index (χ2v) is 5.64. The van der Waals surface area contributed by atoms with Crippen molar-refractivity contribution >= 4 is 29.7 Å². The van der Waals surface area contributed by atoms with Gasteiger partial charge in [-0.15, -0.1) is 0 Å². The number of alkyl carbamates (subject to hydrolysis) is 1. The van der Waals surface area contributed by atoms with Gasteiger partial charge >= 0.3 is 6.09 Å². The van der Waals surface area contributed by atoms with Crippen molar-refractivity contribution in [1.82, 2.24) is 5.32 Å². The lowest BCUT2D eigenvalue weighted by Crippen LogP contribution is -2.35. The molecular weight excluding hydrogens is 300 g/mol. The summed E-state index contributed by atoms with van der Waals surface area (Å²) in [5, 5.41) is 13.1. The highest BCUT2D eigenvalue weighted by molar-refractivity contribution is 6.32. The molecule has 1 rings (SSSR count). The summed E-state index contributed by atoms with van der Waals surface area (Å²) in [6, 6.07) is 2.79. The number of ether oxygens (including phenoxy) is 1. The van der Waals surface area contributed by atoms with Crippen LogP contribution in [0.2, 0.25) is 5.02 Å². The summed E-state index contributed by atoms with van der Waals surface area (Å²) in [5.74, 6) is 0. The SMILES string of the molecule is CC(C)(C)OC(=O)NC(C=O)c1ccc(Cl)c([N+](=O)[O-])c1. The highest BCUT2D eigenvalue weighted by Gasteiger charge is 2.22. The number of rotatable bonds is 4. The fourth-order valence-electron chi connectivity index (χ4n) is 1.49. The first kappa shape index (κ1) is 16.9. The Hall–Kier alpha value is -2.15. The highest BCUT2D eigenvalue weighted by atomic mass is 35.5. The fraction of sp³-hybridized carbons (Fsp3) is 0.385. The molecule has 8 heteroatoms. The minimum Gasteiger partial charge on any atom is -0.444 e. The molecule has 0 aliphatic heterocycles. The van der Waals surface area contributed by atoms with Gasteiger partial charge in [-0.25, -0.2) is 4.79 Å². The van der Waals surface area contributed by atoms with Gasteiger partial charge in [-0.05, 0) is 32.4 Å². The number of halogens is 1. The number of amides is 1. The molecule has 0 saturated carbocycles. The summed E-state index contributed by atoms with van der Waals surface area (Å²) >= 11 is 5.69. The van der Waals surface area contributed by atoms with Crippen molar-refractivity contribution in [3.05, 3.63) is 38.9 Å². The molecule has 7 nitrogen and oxygen atoms in total. The van der Waals surface area contributed by atoms with Crippen LogP contribution in [-0.2, 0) is 9.53 Å².